The Bertz CT molecular complexity index is 530. The third kappa shape index (κ3) is 1.88. The first-order valence-electron chi connectivity index (χ1n) is 5.20. The van der Waals surface area contributed by atoms with Crippen molar-refractivity contribution in [2.75, 3.05) is 0 Å². The quantitative estimate of drug-likeness (QED) is 0.823. The van der Waals surface area contributed by atoms with Crippen molar-refractivity contribution in [1.29, 1.82) is 0 Å². The monoisotopic (exact) mass is 218 g/mol. The van der Waals surface area contributed by atoms with Crippen molar-refractivity contribution >= 4 is 11.6 Å². The SMILES string of the molecule is Cc1cc2nccc(C(=O)NC(C)C)n2n1. The molecule has 0 aliphatic rings. The molecule has 0 aliphatic heterocycles. The van der Waals surface area contributed by atoms with Crippen molar-refractivity contribution in [2.45, 2.75) is 26.8 Å². The Balaban J connectivity index is 2.47. The van der Waals surface area contributed by atoms with Gasteiger partial charge in [0.15, 0.2) is 5.65 Å². The summed E-state index contributed by atoms with van der Waals surface area (Å²) in [5.74, 6) is -0.134. The standard InChI is InChI=1S/C11H14N4O/c1-7(2)13-11(16)9-4-5-12-10-6-8(3)14-15(9)10/h4-7H,1-3H3,(H,13,16). The second-order valence-electron chi connectivity index (χ2n) is 4.01. The van der Waals surface area contributed by atoms with Gasteiger partial charge in [-0.2, -0.15) is 5.10 Å². The van der Waals surface area contributed by atoms with Gasteiger partial charge in [-0.15, -0.1) is 0 Å². The summed E-state index contributed by atoms with van der Waals surface area (Å²) in [5, 5.41) is 7.07. The fraction of sp³-hybridized carbons (Fsp3) is 0.364. The van der Waals surface area contributed by atoms with Crippen LogP contribution in [-0.4, -0.2) is 26.5 Å². The predicted molar refractivity (Wildman–Crippen MR) is 60.3 cm³/mol. The highest BCUT2D eigenvalue weighted by molar-refractivity contribution is 5.93. The molecule has 0 radical (unpaired) electrons. The molecule has 84 valence electrons. The molecule has 2 aromatic heterocycles. The van der Waals surface area contributed by atoms with Crippen LogP contribution in [0.3, 0.4) is 0 Å². The Morgan fingerprint density at radius 1 is 1.50 bits per heavy atom. The lowest BCUT2D eigenvalue weighted by Gasteiger charge is -2.08. The summed E-state index contributed by atoms with van der Waals surface area (Å²) in [5.41, 5.74) is 2.04. The van der Waals surface area contributed by atoms with Crippen molar-refractivity contribution in [3.05, 3.63) is 29.7 Å². The van der Waals surface area contributed by atoms with Crippen LogP contribution in [-0.2, 0) is 0 Å². The molecule has 0 atom stereocenters. The molecule has 5 nitrogen and oxygen atoms in total. The van der Waals surface area contributed by atoms with E-state index in [-0.39, 0.29) is 11.9 Å². The zero-order valence-corrected chi connectivity index (χ0v) is 9.56. The average molecular weight is 218 g/mol. The minimum absolute atomic E-state index is 0.104. The second-order valence-corrected chi connectivity index (χ2v) is 4.01. The van der Waals surface area contributed by atoms with Gasteiger partial charge in [0.1, 0.15) is 5.69 Å². The molecule has 0 unspecified atom stereocenters. The average Bonchev–Trinajstić information content (AvgIpc) is 2.55. The number of carbonyl (C=O) groups is 1. The molecule has 0 aliphatic carbocycles. The number of rotatable bonds is 2. The van der Waals surface area contributed by atoms with E-state index in [1.165, 1.54) is 0 Å². The van der Waals surface area contributed by atoms with E-state index < -0.39 is 0 Å². The number of fused-ring (bicyclic) bond motifs is 1. The van der Waals surface area contributed by atoms with E-state index in [9.17, 15) is 4.79 Å². The normalized spacial score (nSPS) is 11.0. The van der Waals surface area contributed by atoms with Crippen molar-refractivity contribution in [2.24, 2.45) is 0 Å². The van der Waals surface area contributed by atoms with Crippen LogP contribution in [0.5, 0.6) is 0 Å². The zero-order chi connectivity index (χ0) is 11.7. The van der Waals surface area contributed by atoms with E-state index in [1.807, 2.05) is 26.8 Å². The molecular formula is C11H14N4O. The molecule has 5 heteroatoms. The van der Waals surface area contributed by atoms with E-state index in [1.54, 1.807) is 16.8 Å². The highest BCUT2D eigenvalue weighted by Gasteiger charge is 2.12. The highest BCUT2D eigenvalue weighted by Crippen LogP contribution is 2.06. The number of amides is 1. The minimum atomic E-state index is -0.134. The number of hydrogen-bond acceptors (Lipinski definition) is 3. The van der Waals surface area contributed by atoms with Gasteiger partial charge in [-0.1, -0.05) is 0 Å². The maximum atomic E-state index is 11.9. The highest BCUT2D eigenvalue weighted by atomic mass is 16.2. The fourth-order valence-electron chi connectivity index (χ4n) is 1.52. The van der Waals surface area contributed by atoms with E-state index >= 15 is 0 Å². The van der Waals surface area contributed by atoms with Crippen molar-refractivity contribution in [3.63, 3.8) is 0 Å². The van der Waals surface area contributed by atoms with Gasteiger partial charge >= 0.3 is 0 Å². The molecule has 2 heterocycles. The summed E-state index contributed by atoms with van der Waals surface area (Å²) < 4.78 is 1.56. The largest absolute Gasteiger partial charge is 0.349 e. The molecule has 1 amide bonds. The van der Waals surface area contributed by atoms with Crippen LogP contribution >= 0.6 is 0 Å². The Kier molecular flexibility index (Phi) is 2.60. The lowest BCUT2D eigenvalue weighted by atomic mass is 10.3. The summed E-state index contributed by atoms with van der Waals surface area (Å²) in [4.78, 5) is 16.0. The summed E-state index contributed by atoms with van der Waals surface area (Å²) in [6.07, 6.45) is 1.62. The third-order valence-corrected chi connectivity index (χ3v) is 2.13. The molecule has 0 saturated carbocycles. The van der Waals surface area contributed by atoms with E-state index in [2.05, 4.69) is 15.4 Å². The molecular weight excluding hydrogens is 204 g/mol. The van der Waals surface area contributed by atoms with Gasteiger partial charge in [-0.25, -0.2) is 9.50 Å². The van der Waals surface area contributed by atoms with Crippen LogP contribution in [0.4, 0.5) is 0 Å². The number of nitrogens with zero attached hydrogens (tertiary/aromatic N) is 3. The molecule has 16 heavy (non-hydrogen) atoms. The predicted octanol–water partition coefficient (Wildman–Crippen LogP) is 1.18. The third-order valence-electron chi connectivity index (χ3n) is 2.13. The van der Waals surface area contributed by atoms with Gasteiger partial charge in [0.2, 0.25) is 0 Å². The summed E-state index contributed by atoms with van der Waals surface area (Å²) in [6, 6.07) is 3.61. The summed E-state index contributed by atoms with van der Waals surface area (Å²) >= 11 is 0. The lowest BCUT2D eigenvalue weighted by Crippen LogP contribution is -2.31. The smallest absolute Gasteiger partial charge is 0.270 e. The van der Waals surface area contributed by atoms with E-state index in [0.717, 1.165) is 5.69 Å². The Labute approximate surface area is 93.5 Å². The molecule has 0 bridgehead atoms. The Morgan fingerprint density at radius 2 is 2.25 bits per heavy atom. The summed E-state index contributed by atoms with van der Waals surface area (Å²) in [6.45, 7) is 5.72. The van der Waals surface area contributed by atoms with Crippen LogP contribution in [0, 0.1) is 6.92 Å². The van der Waals surface area contributed by atoms with Gasteiger partial charge in [0, 0.05) is 18.3 Å². The number of aromatic nitrogens is 3. The number of carbonyl (C=O) groups excluding carboxylic acids is 1. The van der Waals surface area contributed by atoms with Crippen LogP contribution in [0.1, 0.15) is 30.0 Å². The van der Waals surface area contributed by atoms with E-state index in [0.29, 0.717) is 11.3 Å². The van der Waals surface area contributed by atoms with Gasteiger partial charge < -0.3 is 5.32 Å². The molecule has 0 spiro atoms. The van der Waals surface area contributed by atoms with Crippen LogP contribution < -0.4 is 5.32 Å². The molecule has 0 fully saturated rings. The number of hydrogen-bond donors (Lipinski definition) is 1. The van der Waals surface area contributed by atoms with Crippen molar-refractivity contribution in [3.8, 4) is 0 Å². The first kappa shape index (κ1) is 10.6. The van der Waals surface area contributed by atoms with Gasteiger partial charge in [0.25, 0.3) is 5.91 Å². The lowest BCUT2D eigenvalue weighted by molar-refractivity contribution is 0.0935. The first-order valence-corrected chi connectivity index (χ1v) is 5.20. The van der Waals surface area contributed by atoms with Crippen LogP contribution in [0.2, 0.25) is 0 Å². The maximum Gasteiger partial charge on any atom is 0.270 e. The number of aryl methyl sites for hydroxylation is 1. The summed E-state index contributed by atoms with van der Waals surface area (Å²) in [7, 11) is 0. The first-order chi connectivity index (χ1) is 7.58. The maximum absolute atomic E-state index is 11.9. The fourth-order valence-corrected chi connectivity index (χ4v) is 1.52. The van der Waals surface area contributed by atoms with Crippen LogP contribution in [0.25, 0.3) is 5.65 Å². The zero-order valence-electron chi connectivity index (χ0n) is 9.56. The van der Waals surface area contributed by atoms with Gasteiger partial charge in [0.05, 0.1) is 5.69 Å². The van der Waals surface area contributed by atoms with Crippen LogP contribution in [0.15, 0.2) is 18.3 Å². The van der Waals surface area contributed by atoms with E-state index in [4.69, 9.17) is 0 Å². The van der Waals surface area contributed by atoms with Crippen molar-refractivity contribution in [1.82, 2.24) is 19.9 Å². The molecule has 1 N–H and O–H groups in total. The molecule has 0 aromatic carbocycles. The van der Waals surface area contributed by atoms with Gasteiger partial charge in [-0.3, -0.25) is 4.79 Å². The van der Waals surface area contributed by atoms with Gasteiger partial charge in [-0.05, 0) is 26.8 Å². The molecule has 0 saturated heterocycles. The molecule has 2 rings (SSSR count). The van der Waals surface area contributed by atoms with Crippen molar-refractivity contribution < 1.29 is 4.79 Å². The minimum Gasteiger partial charge on any atom is -0.349 e. The topological polar surface area (TPSA) is 59.3 Å². The Hall–Kier alpha value is -1.91. The second kappa shape index (κ2) is 3.92. The Morgan fingerprint density at radius 3 is 2.94 bits per heavy atom. The molecule has 2 aromatic rings. The number of nitrogens with one attached hydrogen (secondary N) is 1.